The quantitative estimate of drug-likeness (QED) is 0.181. The van der Waals surface area contributed by atoms with Crippen molar-refractivity contribution in [3.63, 3.8) is 0 Å². The summed E-state index contributed by atoms with van der Waals surface area (Å²) in [5, 5.41) is 10.6. The first-order chi connectivity index (χ1) is 16.4. The number of esters is 1. The molecule has 1 aliphatic carbocycles. The van der Waals surface area contributed by atoms with Crippen LogP contribution in [0.3, 0.4) is 0 Å². The fourth-order valence-corrected chi connectivity index (χ4v) is 4.05. The molecule has 1 aliphatic heterocycles. The van der Waals surface area contributed by atoms with Crippen molar-refractivity contribution >= 4 is 33.9 Å². The van der Waals surface area contributed by atoms with Gasteiger partial charge in [-0.25, -0.2) is 14.4 Å². The molecule has 8 heteroatoms. The van der Waals surface area contributed by atoms with E-state index in [0.717, 1.165) is 0 Å². The Kier molecular flexibility index (Phi) is 4.98. The molecule has 0 spiro atoms. The molecule has 34 heavy (non-hydrogen) atoms. The zero-order valence-electron chi connectivity index (χ0n) is 17.8. The largest absolute Gasteiger partial charge is 0.478 e. The van der Waals surface area contributed by atoms with E-state index < -0.39 is 17.6 Å². The van der Waals surface area contributed by atoms with Gasteiger partial charge in [0.25, 0.3) is 0 Å². The highest BCUT2D eigenvalue weighted by molar-refractivity contribution is 6.14. The minimum absolute atomic E-state index is 0.0643. The molecule has 168 valence electrons. The zero-order valence-corrected chi connectivity index (χ0v) is 17.8. The van der Waals surface area contributed by atoms with Crippen LogP contribution in [0.15, 0.2) is 79.1 Å². The molecule has 5 rings (SSSR count). The molecule has 0 unspecified atom stereocenters. The van der Waals surface area contributed by atoms with E-state index in [1.165, 1.54) is 24.3 Å². The lowest BCUT2D eigenvalue weighted by atomic mass is 9.90. The second-order valence-corrected chi connectivity index (χ2v) is 7.51. The molecule has 2 aliphatic rings. The van der Waals surface area contributed by atoms with Crippen molar-refractivity contribution in [2.45, 2.75) is 6.92 Å². The monoisotopic (exact) mass is 456 g/mol. The molecular weight excluding hydrogens is 440 g/mol. The number of hydrogen-bond acceptors (Lipinski definition) is 7. The maximum absolute atomic E-state index is 12.3. The lowest BCUT2D eigenvalue weighted by molar-refractivity contribution is 0.0521. The highest BCUT2D eigenvalue weighted by atomic mass is 16.5. The second-order valence-electron chi connectivity index (χ2n) is 7.51. The van der Waals surface area contributed by atoms with Crippen LogP contribution in [0.5, 0.6) is 0 Å². The van der Waals surface area contributed by atoms with Gasteiger partial charge in [-0.05, 0) is 48.9 Å². The van der Waals surface area contributed by atoms with Gasteiger partial charge in [0.1, 0.15) is 22.5 Å². The van der Waals surface area contributed by atoms with E-state index in [4.69, 9.17) is 13.6 Å². The molecule has 0 bridgehead atoms. The summed E-state index contributed by atoms with van der Waals surface area (Å²) in [6.45, 7) is 1.69. The molecule has 8 nitrogen and oxygen atoms in total. The van der Waals surface area contributed by atoms with Crippen molar-refractivity contribution in [1.82, 2.24) is 0 Å². The molecule has 0 saturated carbocycles. The van der Waals surface area contributed by atoms with E-state index in [2.05, 4.69) is 0 Å². The Morgan fingerprint density at radius 2 is 1.68 bits per heavy atom. The minimum Gasteiger partial charge on any atom is -0.478 e. The van der Waals surface area contributed by atoms with Gasteiger partial charge in [-0.3, -0.25) is 4.79 Å². The Labute approximate surface area is 191 Å². The van der Waals surface area contributed by atoms with E-state index in [9.17, 15) is 24.3 Å². The number of carbonyl (C=O) groups is 2. The molecule has 0 amide bonds. The van der Waals surface area contributed by atoms with Crippen molar-refractivity contribution in [1.29, 1.82) is 0 Å². The number of carboxylic acid groups (broad SMARTS) is 1. The third-order valence-electron chi connectivity index (χ3n) is 5.49. The summed E-state index contributed by atoms with van der Waals surface area (Å²) in [4.78, 5) is 48.7. The third-order valence-corrected chi connectivity index (χ3v) is 5.49. The predicted octanol–water partition coefficient (Wildman–Crippen LogP) is 4.55. The standard InChI is InChI=1S/C26H16O8/c1-2-32-25(30)19-12-18-20(34-26(19)31)10-9-17-22(14-5-3-4-6-15(14)24(28)29)16-8-7-13(27)11-21(16)33-23(17)18/h3-12H,2H2,1H3,(H,28,29). The number of fused-ring (bicyclic) bond motifs is 4. The van der Waals surface area contributed by atoms with Crippen molar-refractivity contribution in [3.05, 3.63) is 92.4 Å². The van der Waals surface area contributed by atoms with Gasteiger partial charge in [-0.1, -0.05) is 18.2 Å². The van der Waals surface area contributed by atoms with Crippen LogP contribution in [0.1, 0.15) is 27.6 Å². The number of benzene rings is 3. The summed E-state index contributed by atoms with van der Waals surface area (Å²) in [6, 6.07) is 15.3. The van der Waals surface area contributed by atoms with Crippen molar-refractivity contribution in [3.8, 4) is 22.5 Å². The summed E-state index contributed by atoms with van der Waals surface area (Å²) < 4.78 is 16.4. The molecule has 0 fully saturated rings. The number of rotatable bonds is 4. The van der Waals surface area contributed by atoms with Crippen LogP contribution in [0.2, 0.25) is 0 Å². The Hall–Kier alpha value is -4.72. The van der Waals surface area contributed by atoms with Crippen LogP contribution in [-0.4, -0.2) is 23.7 Å². The minimum atomic E-state index is -1.12. The fraction of sp³-hybridized carbons (Fsp3) is 0.0769. The highest BCUT2D eigenvalue weighted by Gasteiger charge is 2.24. The summed E-state index contributed by atoms with van der Waals surface area (Å²) in [6.07, 6.45) is 0. The molecule has 1 N–H and O–H groups in total. The van der Waals surface area contributed by atoms with Crippen LogP contribution >= 0.6 is 0 Å². The Morgan fingerprint density at radius 1 is 0.882 bits per heavy atom. The summed E-state index contributed by atoms with van der Waals surface area (Å²) in [7, 11) is 0. The van der Waals surface area contributed by atoms with E-state index >= 15 is 0 Å². The average Bonchev–Trinajstić information content (AvgIpc) is 2.82. The van der Waals surface area contributed by atoms with E-state index in [1.54, 1.807) is 43.3 Å². The molecule has 2 aromatic carbocycles. The summed E-state index contributed by atoms with van der Waals surface area (Å²) in [5.74, 6) is -1.74. The number of ether oxygens (including phenoxy) is 1. The predicted molar refractivity (Wildman–Crippen MR) is 123 cm³/mol. The number of carboxylic acids is 1. The number of hydrogen-bond donors (Lipinski definition) is 1. The van der Waals surface area contributed by atoms with Crippen molar-refractivity contribution in [2.75, 3.05) is 6.61 Å². The topological polar surface area (TPSA) is 124 Å². The summed E-state index contributed by atoms with van der Waals surface area (Å²) in [5.41, 5.74) is 0.461. The first-order valence-electron chi connectivity index (χ1n) is 10.4. The van der Waals surface area contributed by atoms with Gasteiger partial charge in [-0.15, -0.1) is 0 Å². The molecule has 1 aromatic heterocycles. The van der Waals surface area contributed by atoms with Gasteiger partial charge in [0, 0.05) is 22.6 Å². The second kappa shape index (κ2) is 8.00. The van der Waals surface area contributed by atoms with E-state index in [-0.39, 0.29) is 40.1 Å². The van der Waals surface area contributed by atoms with Gasteiger partial charge in [0.15, 0.2) is 5.43 Å². The fourth-order valence-electron chi connectivity index (χ4n) is 4.05. The summed E-state index contributed by atoms with van der Waals surface area (Å²) >= 11 is 0. The van der Waals surface area contributed by atoms with Crippen molar-refractivity contribution in [2.24, 2.45) is 0 Å². The van der Waals surface area contributed by atoms with Gasteiger partial charge in [-0.2, -0.15) is 0 Å². The van der Waals surface area contributed by atoms with Crippen molar-refractivity contribution < 1.29 is 28.3 Å². The number of aromatic carboxylic acids is 1. The SMILES string of the molecule is CCOC(=O)c1cc2c(ccc3c(-c4ccccc4C(=O)O)c4ccc(=O)cc-4oc32)oc1=O. The van der Waals surface area contributed by atoms with Gasteiger partial charge in [0.05, 0.1) is 17.6 Å². The Bertz CT molecular complexity index is 1710. The number of carbonyl (C=O) groups excluding carboxylic acids is 1. The first kappa shape index (κ1) is 21.1. The van der Waals surface area contributed by atoms with Gasteiger partial charge >= 0.3 is 17.6 Å². The lowest BCUT2D eigenvalue weighted by Gasteiger charge is -2.17. The Balaban J connectivity index is 1.97. The molecule has 0 radical (unpaired) electrons. The van der Waals surface area contributed by atoms with Crippen LogP contribution in [0, 0.1) is 0 Å². The van der Waals surface area contributed by atoms with Crippen LogP contribution in [0.25, 0.3) is 44.4 Å². The zero-order chi connectivity index (χ0) is 24.0. The maximum Gasteiger partial charge on any atom is 0.351 e. The maximum atomic E-state index is 12.3. The molecule has 0 atom stereocenters. The smallest absolute Gasteiger partial charge is 0.351 e. The van der Waals surface area contributed by atoms with Gasteiger partial charge in [0.2, 0.25) is 0 Å². The van der Waals surface area contributed by atoms with E-state index in [0.29, 0.717) is 27.5 Å². The Morgan fingerprint density at radius 3 is 2.44 bits per heavy atom. The molecule has 3 aromatic rings. The molecule has 2 heterocycles. The highest BCUT2D eigenvalue weighted by Crippen LogP contribution is 2.43. The van der Waals surface area contributed by atoms with Crippen LogP contribution < -0.4 is 11.1 Å². The normalized spacial score (nSPS) is 11.2. The molecular formula is C26H16O8. The third kappa shape index (κ3) is 3.32. The van der Waals surface area contributed by atoms with Crippen LogP contribution in [-0.2, 0) is 4.74 Å². The molecule has 0 saturated heterocycles. The first-order valence-corrected chi connectivity index (χ1v) is 10.4. The van der Waals surface area contributed by atoms with Gasteiger partial charge < -0.3 is 18.7 Å². The van der Waals surface area contributed by atoms with E-state index in [1.807, 2.05) is 0 Å². The van der Waals surface area contributed by atoms with Crippen LogP contribution in [0.4, 0.5) is 0 Å². The average molecular weight is 456 g/mol. The lowest BCUT2D eigenvalue weighted by Crippen LogP contribution is -2.16.